The van der Waals surface area contributed by atoms with Crippen LogP contribution in [0.1, 0.15) is 89.2 Å². The zero-order chi connectivity index (χ0) is 17.0. The maximum atomic E-state index is 6.36. The van der Waals surface area contributed by atoms with E-state index in [1.807, 2.05) is 6.08 Å². The molecule has 23 heavy (non-hydrogen) atoms. The first kappa shape index (κ1) is 20.0. The summed E-state index contributed by atoms with van der Waals surface area (Å²) in [5.74, 6) is 0. The summed E-state index contributed by atoms with van der Waals surface area (Å²) in [5.41, 5.74) is 9.18. The van der Waals surface area contributed by atoms with Gasteiger partial charge in [-0.05, 0) is 24.0 Å². The van der Waals surface area contributed by atoms with E-state index in [4.69, 9.17) is 5.73 Å². The van der Waals surface area contributed by atoms with Crippen LogP contribution in [0.4, 0.5) is 0 Å². The lowest BCUT2D eigenvalue weighted by Crippen LogP contribution is -2.36. The van der Waals surface area contributed by atoms with E-state index in [0.29, 0.717) is 0 Å². The van der Waals surface area contributed by atoms with Crippen molar-refractivity contribution in [3.8, 4) is 0 Å². The Morgan fingerprint density at radius 2 is 1.48 bits per heavy atom. The molecular weight excluding hydrogens is 278 g/mol. The molecule has 0 fully saturated rings. The van der Waals surface area contributed by atoms with Gasteiger partial charge in [0, 0.05) is 12.0 Å². The molecule has 0 unspecified atom stereocenters. The zero-order valence-corrected chi connectivity index (χ0v) is 15.4. The van der Waals surface area contributed by atoms with Crippen molar-refractivity contribution in [3.05, 3.63) is 42.0 Å². The van der Waals surface area contributed by atoms with E-state index in [9.17, 15) is 0 Å². The molecule has 2 N–H and O–H groups in total. The van der Waals surface area contributed by atoms with Gasteiger partial charge in [0.25, 0.3) is 0 Å². The van der Waals surface area contributed by atoms with Crippen LogP contribution in [0.5, 0.6) is 0 Å². The number of unbranched alkanes of at least 4 members (excludes halogenated alkanes) is 6. The van der Waals surface area contributed by atoms with Crippen molar-refractivity contribution >= 4 is 6.08 Å². The van der Waals surface area contributed by atoms with Gasteiger partial charge in [0.15, 0.2) is 0 Å². The molecule has 0 aliphatic rings. The fourth-order valence-electron chi connectivity index (χ4n) is 3.65. The predicted molar refractivity (Wildman–Crippen MR) is 105 cm³/mol. The average molecular weight is 316 g/mol. The van der Waals surface area contributed by atoms with Crippen LogP contribution < -0.4 is 5.73 Å². The highest BCUT2D eigenvalue weighted by Gasteiger charge is 2.31. The number of nitrogens with two attached hydrogens (primary N) is 1. The molecule has 0 aliphatic carbocycles. The van der Waals surface area contributed by atoms with E-state index < -0.39 is 0 Å². The second-order valence-electron chi connectivity index (χ2n) is 6.90. The van der Waals surface area contributed by atoms with E-state index >= 15 is 0 Å². The molecule has 1 rings (SSSR count). The van der Waals surface area contributed by atoms with Crippen molar-refractivity contribution in [2.24, 2.45) is 5.73 Å². The fourth-order valence-corrected chi connectivity index (χ4v) is 3.65. The summed E-state index contributed by atoms with van der Waals surface area (Å²) in [6.07, 6.45) is 14.9. The molecule has 0 saturated heterocycles. The Balaban J connectivity index is 2.93. The second-order valence-corrected chi connectivity index (χ2v) is 6.90. The lowest BCUT2D eigenvalue weighted by molar-refractivity contribution is 0.341. The number of hydrogen-bond donors (Lipinski definition) is 1. The molecule has 1 heteroatoms. The summed E-state index contributed by atoms with van der Waals surface area (Å²) < 4.78 is 0. The normalized spacial score (nSPS) is 11.6. The summed E-state index contributed by atoms with van der Waals surface area (Å²) in [7, 11) is 0. The molecule has 0 aliphatic heterocycles. The predicted octanol–water partition coefficient (Wildman–Crippen LogP) is 6.47. The lowest BCUT2D eigenvalue weighted by Gasteiger charge is -2.35. The van der Waals surface area contributed by atoms with E-state index in [1.165, 1.54) is 75.3 Å². The van der Waals surface area contributed by atoms with E-state index in [1.54, 1.807) is 0 Å². The topological polar surface area (TPSA) is 26.0 Å². The quantitative estimate of drug-likeness (QED) is 0.415. The molecule has 130 valence electrons. The first-order chi connectivity index (χ1) is 11.2. The van der Waals surface area contributed by atoms with Crippen LogP contribution in [0, 0.1) is 0 Å². The third-order valence-electron chi connectivity index (χ3n) is 5.16. The molecule has 0 atom stereocenters. The Kier molecular flexibility index (Phi) is 9.94. The maximum Gasteiger partial charge on any atom is 0.00814 e. The standard InChI is InChI=1S/C22H37N/c1-4-7-9-13-17-22(19-23,18-14-10-8-5-2)21-16-12-11-15-20(21)6-3/h6,11-12,15-16H,3-5,7-10,13-14,17-19,23H2,1-2H3. The van der Waals surface area contributed by atoms with Gasteiger partial charge in [0.1, 0.15) is 0 Å². The Hall–Kier alpha value is -1.08. The SMILES string of the molecule is C=Cc1ccccc1C(CN)(CCCCCC)CCCCCC. The Morgan fingerprint density at radius 1 is 0.913 bits per heavy atom. The third-order valence-corrected chi connectivity index (χ3v) is 5.16. The van der Waals surface area contributed by atoms with E-state index in [-0.39, 0.29) is 5.41 Å². The van der Waals surface area contributed by atoms with Crippen molar-refractivity contribution in [2.75, 3.05) is 6.54 Å². The molecule has 0 aromatic heterocycles. The highest BCUT2D eigenvalue weighted by atomic mass is 14.6. The number of hydrogen-bond acceptors (Lipinski definition) is 1. The number of rotatable bonds is 13. The zero-order valence-electron chi connectivity index (χ0n) is 15.4. The van der Waals surface area contributed by atoms with Gasteiger partial charge in [-0.25, -0.2) is 0 Å². The van der Waals surface area contributed by atoms with Crippen molar-refractivity contribution < 1.29 is 0 Å². The Morgan fingerprint density at radius 3 is 1.96 bits per heavy atom. The Bertz CT molecular complexity index is 423. The fraction of sp³-hybridized carbons (Fsp3) is 0.636. The summed E-state index contributed by atoms with van der Waals surface area (Å²) in [6, 6.07) is 8.73. The summed E-state index contributed by atoms with van der Waals surface area (Å²) in [6.45, 7) is 9.31. The van der Waals surface area contributed by atoms with Crippen LogP contribution in [-0.2, 0) is 5.41 Å². The smallest absolute Gasteiger partial charge is 0.00814 e. The molecule has 0 spiro atoms. The van der Waals surface area contributed by atoms with Crippen LogP contribution in [0.25, 0.3) is 6.08 Å². The molecule has 1 aromatic rings. The van der Waals surface area contributed by atoms with Crippen LogP contribution in [0.2, 0.25) is 0 Å². The lowest BCUT2D eigenvalue weighted by atomic mass is 9.71. The van der Waals surface area contributed by atoms with Gasteiger partial charge >= 0.3 is 0 Å². The molecule has 0 bridgehead atoms. The minimum Gasteiger partial charge on any atom is -0.330 e. The first-order valence-corrected chi connectivity index (χ1v) is 9.66. The van der Waals surface area contributed by atoms with Crippen LogP contribution in [0.3, 0.4) is 0 Å². The highest BCUT2D eigenvalue weighted by molar-refractivity contribution is 5.54. The summed E-state index contributed by atoms with van der Waals surface area (Å²) >= 11 is 0. The van der Waals surface area contributed by atoms with Crippen LogP contribution in [-0.4, -0.2) is 6.54 Å². The van der Waals surface area contributed by atoms with E-state index in [2.05, 4.69) is 44.7 Å². The third kappa shape index (κ3) is 6.14. The van der Waals surface area contributed by atoms with Crippen molar-refractivity contribution in [1.29, 1.82) is 0 Å². The Labute approximate surface area is 144 Å². The van der Waals surface area contributed by atoms with Crippen LogP contribution in [0.15, 0.2) is 30.8 Å². The molecule has 0 saturated carbocycles. The minimum atomic E-state index is 0.131. The second kappa shape index (κ2) is 11.5. The van der Waals surface area contributed by atoms with Crippen LogP contribution >= 0.6 is 0 Å². The van der Waals surface area contributed by atoms with Gasteiger partial charge in [-0.3, -0.25) is 0 Å². The van der Waals surface area contributed by atoms with Gasteiger partial charge < -0.3 is 5.73 Å². The largest absolute Gasteiger partial charge is 0.330 e. The summed E-state index contributed by atoms with van der Waals surface area (Å²) in [4.78, 5) is 0. The monoisotopic (exact) mass is 315 g/mol. The van der Waals surface area contributed by atoms with Gasteiger partial charge in [-0.2, -0.15) is 0 Å². The van der Waals surface area contributed by atoms with Gasteiger partial charge in [0.2, 0.25) is 0 Å². The number of benzene rings is 1. The van der Waals surface area contributed by atoms with Crippen molar-refractivity contribution in [3.63, 3.8) is 0 Å². The average Bonchev–Trinajstić information content (AvgIpc) is 2.60. The molecule has 1 aromatic carbocycles. The van der Waals surface area contributed by atoms with Gasteiger partial charge in [-0.1, -0.05) is 102 Å². The van der Waals surface area contributed by atoms with Crippen molar-refractivity contribution in [2.45, 2.75) is 83.5 Å². The maximum absolute atomic E-state index is 6.36. The summed E-state index contributed by atoms with van der Waals surface area (Å²) in [5, 5.41) is 0. The molecule has 0 heterocycles. The molecular formula is C22H37N. The molecule has 0 amide bonds. The van der Waals surface area contributed by atoms with Gasteiger partial charge in [0.05, 0.1) is 0 Å². The molecule has 0 radical (unpaired) electrons. The van der Waals surface area contributed by atoms with Gasteiger partial charge in [-0.15, -0.1) is 0 Å². The highest BCUT2D eigenvalue weighted by Crippen LogP contribution is 2.37. The van der Waals surface area contributed by atoms with Crippen molar-refractivity contribution in [1.82, 2.24) is 0 Å². The first-order valence-electron chi connectivity index (χ1n) is 9.66. The van der Waals surface area contributed by atoms with E-state index in [0.717, 1.165) is 6.54 Å². The minimum absolute atomic E-state index is 0.131. The molecule has 1 nitrogen and oxygen atoms in total.